The molecule has 0 aliphatic heterocycles. The van der Waals surface area contributed by atoms with Crippen molar-refractivity contribution in [2.45, 2.75) is 6.36 Å². The molecule has 0 aromatic carbocycles. The molecule has 0 aliphatic carbocycles. The van der Waals surface area contributed by atoms with Gasteiger partial charge in [-0.25, -0.2) is 9.78 Å². The Bertz CT molecular complexity index is 470. The zero-order valence-corrected chi connectivity index (χ0v) is 10.0. The van der Waals surface area contributed by atoms with Crippen LogP contribution in [0.4, 0.5) is 23.7 Å². The van der Waals surface area contributed by atoms with E-state index in [0.29, 0.717) is 5.46 Å². The second kappa shape index (κ2) is 5.34. The van der Waals surface area contributed by atoms with Gasteiger partial charge in [0, 0.05) is 0 Å². The van der Waals surface area contributed by atoms with Gasteiger partial charge in [-0.3, -0.25) is 5.32 Å². The van der Waals surface area contributed by atoms with Gasteiger partial charge in [0.05, 0.1) is 7.11 Å². The Morgan fingerprint density at radius 2 is 2.17 bits per heavy atom. The molecule has 0 atom stereocenters. The van der Waals surface area contributed by atoms with Gasteiger partial charge >= 0.3 is 12.5 Å². The number of methoxy groups -OCH3 is 1. The summed E-state index contributed by atoms with van der Waals surface area (Å²) in [5.74, 6) is -0.858. The minimum atomic E-state index is -4.95. The lowest BCUT2D eigenvalue weighted by atomic mass is 9.98. The molecule has 0 fully saturated rings. The van der Waals surface area contributed by atoms with Crippen LogP contribution in [0.1, 0.15) is 0 Å². The van der Waals surface area contributed by atoms with Gasteiger partial charge in [0.25, 0.3) is 0 Å². The Hall–Kier alpha value is -1.64. The van der Waals surface area contributed by atoms with Gasteiger partial charge in [0.1, 0.15) is 18.7 Å². The molecule has 18 heavy (non-hydrogen) atoms. The molecule has 0 saturated heterocycles. The monoisotopic (exact) mass is 282 g/mol. The zero-order chi connectivity index (χ0) is 13.9. The van der Waals surface area contributed by atoms with Crippen molar-refractivity contribution in [3.63, 3.8) is 0 Å². The standard InChI is InChI=1S/C8H7BClF3N2O3/c1-17-7(16)14-4-2-3(9)5(10)15-6(4)18-8(11,12)13/h2H,9H2,1H3,(H,14,16). The van der Waals surface area contributed by atoms with E-state index in [4.69, 9.17) is 11.6 Å². The van der Waals surface area contributed by atoms with Crippen LogP contribution in [0.5, 0.6) is 5.88 Å². The lowest BCUT2D eigenvalue weighted by Gasteiger charge is -2.13. The summed E-state index contributed by atoms with van der Waals surface area (Å²) in [4.78, 5) is 14.4. The maximum atomic E-state index is 12.1. The second-order valence-corrected chi connectivity index (χ2v) is 3.47. The maximum absolute atomic E-state index is 12.1. The number of pyridine rings is 1. The van der Waals surface area contributed by atoms with Crippen LogP contribution < -0.4 is 15.5 Å². The summed E-state index contributed by atoms with van der Waals surface area (Å²) in [6, 6.07) is 1.19. The van der Waals surface area contributed by atoms with Gasteiger partial charge in [-0.05, 0) is 11.5 Å². The van der Waals surface area contributed by atoms with E-state index in [1.807, 2.05) is 5.32 Å². The molecule has 1 aromatic heterocycles. The van der Waals surface area contributed by atoms with E-state index in [9.17, 15) is 18.0 Å². The minimum Gasteiger partial charge on any atom is -0.453 e. The first-order chi connectivity index (χ1) is 8.23. The van der Waals surface area contributed by atoms with Gasteiger partial charge in [-0.2, -0.15) is 0 Å². The third-order valence-corrected chi connectivity index (χ3v) is 2.13. The van der Waals surface area contributed by atoms with Gasteiger partial charge in [0.2, 0.25) is 5.88 Å². The van der Waals surface area contributed by atoms with E-state index in [2.05, 4.69) is 14.5 Å². The molecule has 0 spiro atoms. The molecule has 0 unspecified atom stereocenters. The molecule has 1 aromatic rings. The quantitative estimate of drug-likeness (QED) is 0.651. The first kappa shape index (κ1) is 14.4. The Balaban J connectivity index is 3.12. The summed E-state index contributed by atoms with van der Waals surface area (Å²) in [6.45, 7) is 0. The summed E-state index contributed by atoms with van der Waals surface area (Å²) < 4.78 is 44.3. The number of aromatic nitrogens is 1. The highest BCUT2D eigenvalue weighted by Gasteiger charge is 2.33. The number of ether oxygens (including phenoxy) is 2. The number of anilines is 1. The topological polar surface area (TPSA) is 60.5 Å². The molecule has 0 bridgehead atoms. The maximum Gasteiger partial charge on any atom is 0.574 e. The predicted octanol–water partition coefficient (Wildman–Crippen LogP) is 1.07. The van der Waals surface area contributed by atoms with Crippen molar-refractivity contribution in [2.75, 3.05) is 12.4 Å². The lowest BCUT2D eigenvalue weighted by Crippen LogP contribution is -2.22. The van der Waals surface area contributed by atoms with Gasteiger partial charge in [-0.15, -0.1) is 13.2 Å². The third-order valence-electron chi connectivity index (χ3n) is 1.75. The summed E-state index contributed by atoms with van der Waals surface area (Å²) in [7, 11) is 2.57. The second-order valence-electron chi connectivity index (χ2n) is 3.11. The lowest BCUT2D eigenvalue weighted by molar-refractivity contribution is -0.275. The number of hydrogen-bond acceptors (Lipinski definition) is 4. The average molecular weight is 282 g/mol. The van der Waals surface area contributed by atoms with Crippen molar-refractivity contribution in [1.29, 1.82) is 0 Å². The predicted molar refractivity (Wildman–Crippen MR) is 60.1 cm³/mol. The fraction of sp³-hybridized carbons (Fsp3) is 0.250. The number of nitrogens with one attached hydrogen (secondary N) is 1. The molecule has 0 aliphatic rings. The Kier molecular flexibility index (Phi) is 4.28. The fourth-order valence-corrected chi connectivity index (χ4v) is 1.14. The summed E-state index contributed by atoms with van der Waals surface area (Å²) in [6.07, 6.45) is -5.90. The van der Waals surface area contributed by atoms with Crippen LogP contribution in [-0.2, 0) is 4.74 Å². The van der Waals surface area contributed by atoms with E-state index in [1.54, 1.807) is 0 Å². The highest BCUT2D eigenvalue weighted by molar-refractivity contribution is 6.44. The first-order valence-electron chi connectivity index (χ1n) is 4.51. The van der Waals surface area contributed by atoms with Gasteiger partial charge < -0.3 is 9.47 Å². The smallest absolute Gasteiger partial charge is 0.453 e. The zero-order valence-electron chi connectivity index (χ0n) is 9.26. The van der Waals surface area contributed by atoms with E-state index in [-0.39, 0.29) is 10.8 Å². The highest BCUT2D eigenvalue weighted by atomic mass is 35.5. The molecule has 0 radical (unpaired) electrons. The van der Waals surface area contributed by atoms with Crippen LogP contribution in [0, 0.1) is 0 Å². The van der Waals surface area contributed by atoms with Crippen molar-refractivity contribution in [3.05, 3.63) is 11.2 Å². The van der Waals surface area contributed by atoms with Crippen molar-refractivity contribution in [3.8, 4) is 5.88 Å². The Morgan fingerprint density at radius 3 is 2.67 bits per heavy atom. The number of alkyl halides is 3. The number of carbonyl (C=O) groups excluding carboxylic acids is 1. The van der Waals surface area contributed by atoms with Crippen molar-refractivity contribution < 1.29 is 27.4 Å². The van der Waals surface area contributed by atoms with Crippen molar-refractivity contribution in [2.24, 2.45) is 0 Å². The minimum absolute atomic E-state index is 0.162. The number of rotatable bonds is 2. The van der Waals surface area contributed by atoms with Crippen LogP contribution in [0.25, 0.3) is 0 Å². The van der Waals surface area contributed by atoms with Crippen molar-refractivity contribution in [1.82, 2.24) is 4.98 Å². The Labute approximate surface area is 106 Å². The van der Waals surface area contributed by atoms with E-state index < -0.39 is 18.3 Å². The van der Waals surface area contributed by atoms with Crippen LogP contribution in [0.3, 0.4) is 0 Å². The van der Waals surface area contributed by atoms with Crippen LogP contribution >= 0.6 is 11.6 Å². The highest BCUT2D eigenvalue weighted by Crippen LogP contribution is 2.28. The summed E-state index contributed by atoms with van der Waals surface area (Å²) >= 11 is 5.58. The first-order valence-corrected chi connectivity index (χ1v) is 4.88. The van der Waals surface area contributed by atoms with Gasteiger partial charge in [0.15, 0.2) is 0 Å². The molecule has 5 nitrogen and oxygen atoms in total. The van der Waals surface area contributed by atoms with Crippen molar-refractivity contribution >= 4 is 36.7 Å². The number of amides is 1. The van der Waals surface area contributed by atoms with Crippen LogP contribution in [0.15, 0.2) is 6.07 Å². The number of hydrogen-bond donors (Lipinski definition) is 1. The number of halogens is 4. The SMILES string of the molecule is Bc1cc(NC(=O)OC)c(OC(F)(F)F)nc1Cl. The molecular weight excluding hydrogens is 275 g/mol. The third kappa shape index (κ3) is 3.99. The molecule has 1 heterocycles. The largest absolute Gasteiger partial charge is 0.574 e. The molecule has 0 saturated carbocycles. The summed E-state index contributed by atoms with van der Waals surface area (Å²) in [5.41, 5.74) is 0.0821. The van der Waals surface area contributed by atoms with E-state index >= 15 is 0 Å². The van der Waals surface area contributed by atoms with Gasteiger partial charge in [-0.1, -0.05) is 11.6 Å². The summed E-state index contributed by atoms with van der Waals surface area (Å²) in [5, 5.41) is 1.88. The molecule has 10 heteroatoms. The fourth-order valence-electron chi connectivity index (χ4n) is 1.01. The molecule has 1 rings (SSSR count). The molecule has 1 N–H and O–H groups in total. The number of nitrogens with zero attached hydrogens (tertiary/aromatic N) is 1. The molecule has 1 amide bonds. The number of carbonyl (C=O) groups is 1. The normalized spacial score (nSPS) is 10.9. The van der Waals surface area contributed by atoms with E-state index in [0.717, 1.165) is 7.11 Å². The Morgan fingerprint density at radius 1 is 1.56 bits per heavy atom. The van der Waals surface area contributed by atoms with E-state index in [1.165, 1.54) is 13.9 Å². The van der Waals surface area contributed by atoms with Crippen LogP contribution in [-0.4, -0.2) is 32.4 Å². The van der Waals surface area contributed by atoms with Crippen LogP contribution in [0.2, 0.25) is 5.15 Å². The average Bonchev–Trinajstić information content (AvgIpc) is 2.23. The molecule has 98 valence electrons. The molecular formula is C8H7BClF3N2O3.